The van der Waals surface area contributed by atoms with Gasteiger partial charge in [-0.2, -0.15) is 5.26 Å². The van der Waals surface area contributed by atoms with E-state index in [0.717, 1.165) is 18.4 Å². The first kappa shape index (κ1) is 12.7. The number of aliphatic hydroxyl groups excluding tert-OH is 1. The lowest BCUT2D eigenvalue weighted by Gasteiger charge is -2.19. The summed E-state index contributed by atoms with van der Waals surface area (Å²) < 4.78 is 0. The molecule has 3 N–H and O–H groups in total. The van der Waals surface area contributed by atoms with E-state index in [1.807, 2.05) is 6.07 Å². The Bertz CT molecular complexity index is 370. The largest absolute Gasteiger partial charge is 0.391 e. The zero-order chi connectivity index (χ0) is 12.0. The fourth-order valence-corrected chi connectivity index (χ4v) is 1.69. The minimum Gasteiger partial charge on any atom is -0.391 e. The van der Waals surface area contributed by atoms with Gasteiger partial charge in [-0.25, -0.2) is 0 Å². The predicted octanol–water partition coefficient (Wildman–Crippen LogP) is 2.11. The van der Waals surface area contributed by atoms with Crippen LogP contribution in [0, 0.1) is 11.3 Å². The third-order valence-electron chi connectivity index (χ3n) is 2.71. The number of benzene rings is 1. The topological polar surface area (TPSA) is 70.0 Å². The molecule has 2 atom stereocenters. The lowest BCUT2D eigenvalue weighted by Crippen LogP contribution is -2.26. The Morgan fingerprint density at radius 3 is 2.75 bits per heavy atom. The molecule has 0 heterocycles. The van der Waals surface area contributed by atoms with Crippen LogP contribution in [0.25, 0.3) is 0 Å². The number of nitrogens with two attached hydrogens (primary N) is 1. The Kier molecular flexibility index (Phi) is 4.97. The molecule has 0 fully saturated rings. The molecular weight excluding hydrogens is 200 g/mol. The van der Waals surface area contributed by atoms with Crippen molar-refractivity contribution in [3.8, 4) is 6.07 Å². The van der Waals surface area contributed by atoms with Crippen molar-refractivity contribution >= 4 is 0 Å². The van der Waals surface area contributed by atoms with Crippen LogP contribution in [0.4, 0.5) is 0 Å². The molecule has 86 valence electrons. The monoisotopic (exact) mass is 218 g/mol. The van der Waals surface area contributed by atoms with E-state index in [-0.39, 0.29) is 0 Å². The SMILES string of the molecule is CCCC[C@@H](O)[C@@H](N)c1ccccc1C#N. The molecule has 0 bridgehead atoms. The van der Waals surface area contributed by atoms with E-state index in [1.54, 1.807) is 18.2 Å². The lowest BCUT2D eigenvalue weighted by molar-refractivity contribution is 0.132. The van der Waals surface area contributed by atoms with Gasteiger partial charge in [-0.1, -0.05) is 38.0 Å². The maximum Gasteiger partial charge on any atom is 0.0995 e. The molecule has 1 aromatic rings. The van der Waals surface area contributed by atoms with Crippen LogP contribution >= 0.6 is 0 Å². The van der Waals surface area contributed by atoms with Gasteiger partial charge < -0.3 is 10.8 Å². The highest BCUT2D eigenvalue weighted by atomic mass is 16.3. The molecule has 0 saturated heterocycles. The highest BCUT2D eigenvalue weighted by Crippen LogP contribution is 2.21. The van der Waals surface area contributed by atoms with Crippen LogP contribution in [0.2, 0.25) is 0 Å². The summed E-state index contributed by atoms with van der Waals surface area (Å²) in [5.74, 6) is 0. The molecule has 0 aliphatic rings. The van der Waals surface area contributed by atoms with E-state index in [9.17, 15) is 5.11 Å². The van der Waals surface area contributed by atoms with Crippen LogP contribution in [-0.4, -0.2) is 11.2 Å². The summed E-state index contributed by atoms with van der Waals surface area (Å²) in [7, 11) is 0. The molecule has 0 unspecified atom stereocenters. The second-order valence-corrected chi connectivity index (χ2v) is 3.93. The van der Waals surface area contributed by atoms with Gasteiger partial charge >= 0.3 is 0 Å². The number of hydrogen-bond donors (Lipinski definition) is 2. The van der Waals surface area contributed by atoms with Crippen molar-refractivity contribution in [3.63, 3.8) is 0 Å². The molecule has 1 aromatic carbocycles. The molecular formula is C13H18N2O. The summed E-state index contributed by atoms with van der Waals surface area (Å²) >= 11 is 0. The van der Waals surface area contributed by atoms with E-state index >= 15 is 0 Å². The second kappa shape index (κ2) is 6.26. The van der Waals surface area contributed by atoms with Gasteiger partial charge in [0.2, 0.25) is 0 Å². The van der Waals surface area contributed by atoms with Crippen molar-refractivity contribution in [1.29, 1.82) is 5.26 Å². The van der Waals surface area contributed by atoms with Crippen LogP contribution in [0.3, 0.4) is 0 Å². The van der Waals surface area contributed by atoms with E-state index in [4.69, 9.17) is 11.0 Å². The summed E-state index contributed by atoms with van der Waals surface area (Å²) in [6, 6.07) is 8.79. The first-order valence-electron chi connectivity index (χ1n) is 5.63. The molecule has 0 aliphatic heterocycles. The maximum absolute atomic E-state index is 9.89. The summed E-state index contributed by atoms with van der Waals surface area (Å²) in [6.07, 6.45) is 2.08. The van der Waals surface area contributed by atoms with Gasteiger partial charge in [-0.15, -0.1) is 0 Å². The fourth-order valence-electron chi connectivity index (χ4n) is 1.69. The van der Waals surface area contributed by atoms with Gasteiger partial charge in [-0.3, -0.25) is 0 Å². The van der Waals surface area contributed by atoms with Gasteiger partial charge in [0, 0.05) is 0 Å². The first-order valence-corrected chi connectivity index (χ1v) is 5.63. The number of hydrogen-bond acceptors (Lipinski definition) is 3. The fraction of sp³-hybridized carbons (Fsp3) is 0.462. The number of aliphatic hydroxyl groups is 1. The average Bonchev–Trinajstić information content (AvgIpc) is 2.34. The quantitative estimate of drug-likeness (QED) is 0.795. The third-order valence-corrected chi connectivity index (χ3v) is 2.71. The van der Waals surface area contributed by atoms with Crippen LogP contribution in [-0.2, 0) is 0 Å². The van der Waals surface area contributed by atoms with Crippen LogP contribution in [0.5, 0.6) is 0 Å². The summed E-state index contributed by atoms with van der Waals surface area (Å²) in [4.78, 5) is 0. The minimum atomic E-state index is -0.575. The Labute approximate surface area is 96.5 Å². The van der Waals surface area contributed by atoms with Crippen molar-refractivity contribution < 1.29 is 5.11 Å². The maximum atomic E-state index is 9.89. The lowest BCUT2D eigenvalue weighted by atomic mass is 9.95. The van der Waals surface area contributed by atoms with Gasteiger partial charge in [0.1, 0.15) is 0 Å². The van der Waals surface area contributed by atoms with Crippen molar-refractivity contribution in [2.24, 2.45) is 5.73 Å². The number of nitrogens with zero attached hydrogens (tertiary/aromatic N) is 1. The third kappa shape index (κ3) is 3.06. The highest BCUT2D eigenvalue weighted by Gasteiger charge is 2.18. The molecule has 1 rings (SSSR count). The highest BCUT2D eigenvalue weighted by molar-refractivity contribution is 5.39. The molecule has 0 aromatic heterocycles. The molecule has 0 saturated carbocycles. The standard InChI is InChI=1S/C13H18N2O/c1-2-3-8-12(16)13(15)11-7-5-4-6-10(11)9-14/h4-7,12-13,16H,2-3,8,15H2,1H3/t12-,13+/m1/s1. The molecule has 0 aliphatic carbocycles. The zero-order valence-corrected chi connectivity index (χ0v) is 9.56. The van der Waals surface area contributed by atoms with Crippen LogP contribution in [0.1, 0.15) is 43.4 Å². The van der Waals surface area contributed by atoms with Crippen molar-refractivity contribution in [2.75, 3.05) is 0 Å². The Balaban J connectivity index is 2.79. The zero-order valence-electron chi connectivity index (χ0n) is 9.56. The van der Waals surface area contributed by atoms with Crippen molar-refractivity contribution in [2.45, 2.75) is 38.3 Å². The Hall–Kier alpha value is -1.37. The number of rotatable bonds is 5. The molecule has 0 spiro atoms. The van der Waals surface area contributed by atoms with E-state index < -0.39 is 12.1 Å². The smallest absolute Gasteiger partial charge is 0.0995 e. The van der Waals surface area contributed by atoms with Crippen LogP contribution < -0.4 is 5.73 Å². The normalized spacial score (nSPS) is 14.1. The van der Waals surface area contributed by atoms with Gasteiger partial charge in [0.15, 0.2) is 0 Å². The van der Waals surface area contributed by atoms with E-state index in [2.05, 4.69) is 13.0 Å². The predicted molar refractivity (Wildman–Crippen MR) is 63.6 cm³/mol. The van der Waals surface area contributed by atoms with Gasteiger partial charge in [0.25, 0.3) is 0 Å². The van der Waals surface area contributed by atoms with Gasteiger partial charge in [-0.05, 0) is 18.1 Å². The van der Waals surface area contributed by atoms with Crippen molar-refractivity contribution in [3.05, 3.63) is 35.4 Å². The Morgan fingerprint density at radius 2 is 2.12 bits per heavy atom. The molecule has 3 nitrogen and oxygen atoms in total. The molecule has 0 radical (unpaired) electrons. The van der Waals surface area contributed by atoms with E-state index in [0.29, 0.717) is 12.0 Å². The van der Waals surface area contributed by atoms with Crippen molar-refractivity contribution in [1.82, 2.24) is 0 Å². The van der Waals surface area contributed by atoms with Crippen LogP contribution in [0.15, 0.2) is 24.3 Å². The Morgan fingerprint density at radius 1 is 1.44 bits per heavy atom. The average molecular weight is 218 g/mol. The number of unbranched alkanes of at least 4 members (excludes halogenated alkanes) is 1. The molecule has 16 heavy (non-hydrogen) atoms. The second-order valence-electron chi connectivity index (χ2n) is 3.93. The summed E-state index contributed by atoms with van der Waals surface area (Å²) in [5.41, 5.74) is 7.23. The summed E-state index contributed by atoms with van der Waals surface area (Å²) in [5, 5.41) is 18.8. The molecule has 0 amide bonds. The van der Waals surface area contributed by atoms with E-state index in [1.165, 1.54) is 0 Å². The summed E-state index contributed by atoms with van der Waals surface area (Å²) in [6.45, 7) is 2.07. The number of nitriles is 1. The van der Waals surface area contributed by atoms with Gasteiger partial charge in [0.05, 0.1) is 23.8 Å². The first-order chi connectivity index (χ1) is 7.70. The molecule has 3 heteroatoms. The minimum absolute atomic E-state index is 0.470.